The van der Waals surface area contributed by atoms with Crippen LogP contribution in [0.3, 0.4) is 0 Å². The maximum Gasteiger partial charge on any atom is 0.513 e. The first-order chi connectivity index (χ1) is 6.09. The highest BCUT2D eigenvalue weighted by Gasteiger charge is 2.21. The topological polar surface area (TPSA) is 76.1 Å². The fourth-order valence-electron chi connectivity index (χ4n) is 0.755. The summed E-state index contributed by atoms with van der Waals surface area (Å²) in [5.41, 5.74) is 0.290. The van der Waals surface area contributed by atoms with E-state index < -0.39 is 12.1 Å². The molecule has 1 fully saturated rings. The SMILES string of the molecule is CC(=CCC1CO1)C(=O)OC(=O)O. The quantitative estimate of drug-likeness (QED) is 0.307. The zero-order valence-electron chi connectivity index (χ0n) is 7.15. The molecule has 1 aliphatic rings. The molecule has 0 radical (unpaired) electrons. The predicted molar refractivity (Wildman–Crippen MR) is 42.2 cm³/mol. The Bertz CT molecular complexity index is 251. The Balaban J connectivity index is 2.34. The minimum Gasteiger partial charge on any atom is -0.449 e. The van der Waals surface area contributed by atoms with Crippen molar-refractivity contribution in [3.8, 4) is 0 Å². The van der Waals surface area contributed by atoms with Crippen LogP contribution in [0.25, 0.3) is 0 Å². The van der Waals surface area contributed by atoms with Gasteiger partial charge in [0.1, 0.15) is 0 Å². The maximum atomic E-state index is 10.9. The largest absolute Gasteiger partial charge is 0.513 e. The molecule has 1 saturated heterocycles. The molecule has 5 heteroatoms. The molecule has 0 aliphatic carbocycles. The fraction of sp³-hybridized carbons (Fsp3) is 0.500. The van der Waals surface area contributed by atoms with Crippen LogP contribution in [-0.4, -0.2) is 29.9 Å². The Labute approximate surface area is 74.9 Å². The van der Waals surface area contributed by atoms with Crippen molar-refractivity contribution in [1.29, 1.82) is 0 Å². The molecule has 5 nitrogen and oxygen atoms in total. The highest BCUT2D eigenvalue weighted by Crippen LogP contribution is 2.15. The van der Waals surface area contributed by atoms with Crippen LogP contribution in [0.2, 0.25) is 0 Å². The van der Waals surface area contributed by atoms with E-state index in [0.29, 0.717) is 13.0 Å². The predicted octanol–water partition coefficient (Wildman–Crippen LogP) is 0.943. The van der Waals surface area contributed by atoms with Crippen molar-refractivity contribution >= 4 is 12.1 Å². The van der Waals surface area contributed by atoms with E-state index in [-0.39, 0.29) is 11.7 Å². The van der Waals surface area contributed by atoms with E-state index in [1.807, 2.05) is 0 Å². The second kappa shape index (κ2) is 4.04. The van der Waals surface area contributed by atoms with E-state index in [0.717, 1.165) is 0 Å². The summed E-state index contributed by atoms with van der Waals surface area (Å²) in [4.78, 5) is 20.8. The lowest BCUT2D eigenvalue weighted by atomic mass is 10.2. The summed E-state index contributed by atoms with van der Waals surface area (Å²) in [6.45, 7) is 2.21. The van der Waals surface area contributed by atoms with Crippen molar-refractivity contribution in [2.24, 2.45) is 0 Å². The molecule has 0 amide bonds. The van der Waals surface area contributed by atoms with Gasteiger partial charge in [0.15, 0.2) is 0 Å². The van der Waals surface area contributed by atoms with Crippen molar-refractivity contribution in [3.05, 3.63) is 11.6 Å². The number of carbonyl (C=O) groups excluding carboxylic acids is 1. The number of carbonyl (C=O) groups is 2. The van der Waals surface area contributed by atoms with Crippen LogP contribution in [0.15, 0.2) is 11.6 Å². The number of hydrogen-bond acceptors (Lipinski definition) is 4. The highest BCUT2D eigenvalue weighted by molar-refractivity contribution is 5.93. The van der Waals surface area contributed by atoms with Crippen LogP contribution >= 0.6 is 0 Å². The van der Waals surface area contributed by atoms with Gasteiger partial charge in [0.2, 0.25) is 0 Å². The molecule has 0 bridgehead atoms. The maximum absolute atomic E-state index is 10.9. The zero-order valence-corrected chi connectivity index (χ0v) is 7.15. The molecule has 1 N–H and O–H groups in total. The highest BCUT2D eigenvalue weighted by atomic mass is 16.7. The van der Waals surface area contributed by atoms with Crippen LogP contribution in [0.5, 0.6) is 0 Å². The average Bonchev–Trinajstić information content (AvgIpc) is 2.81. The molecule has 0 aromatic carbocycles. The van der Waals surface area contributed by atoms with Crippen LogP contribution in [-0.2, 0) is 14.3 Å². The van der Waals surface area contributed by atoms with Crippen molar-refractivity contribution in [2.45, 2.75) is 19.4 Å². The summed E-state index contributed by atoms with van der Waals surface area (Å²) in [5, 5.41) is 8.13. The summed E-state index contributed by atoms with van der Waals surface area (Å²) in [5.74, 6) is -0.826. The fourth-order valence-corrected chi connectivity index (χ4v) is 0.755. The third-order valence-corrected chi connectivity index (χ3v) is 1.59. The lowest BCUT2D eigenvalue weighted by Crippen LogP contribution is -2.10. The van der Waals surface area contributed by atoms with Gasteiger partial charge in [-0.3, -0.25) is 0 Å². The van der Waals surface area contributed by atoms with E-state index in [4.69, 9.17) is 9.84 Å². The van der Waals surface area contributed by atoms with Crippen molar-refractivity contribution in [1.82, 2.24) is 0 Å². The Hall–Kier alpha value is -1.36. The monoisotopic (exact) mass is 186 g/mol. The number of rotatable bonds is 3. The van der Waals surface area contributed by atoms with E-state index >= 15 is 0 Å². The molecule has 0 spiro atoms. The van der Waals surface area contributed by atoms with Crippen LogP contribution in [0, 0.1) is 0 Å². The molecule has 13 heavy (non-hydrogen) atoms. The molecule has 1 atom stereocenters. The second-order valence-corrected chi connectivity index (χ2v) is 2.73. The first-order valence-corrected chi connectivity index (χ1v) is 3.83. The average molecular weight is 186 g/mol. The summed E-state index contributed by atoms with van der Waals surface area (Å²) in [6, 6.07) is 0. The molecule has 0 aromatic heterocycles. The third-order valence-electron chi connectivity index (χ3n) is 1.59. The van der Waals surface area contributed by atoms with Gasteiger partial charge in [0, 0.05) is 5.57 Å². The van der Waals surface area contributed by atoms with Gasteiger partial charge in [0.05, 0.1) is 12.7 Å². The molecule has 1 rings (SSSR count). The standard InChI is InChI=1S/C8H10O5/c1-5(2-3-6-4-12-6)7(9)13-8(10)11/h2,6H,3-4H2,1H3,(H,10,11). The van der Waals surface area contributed by atoms with Crippen molar-refractivity contribution < 1.29 is 24.2 Å². The molecule has 0 aromatic rings. The van der Waals surface area contributed by atoms with Crippen molar-refractivity contribution in [2.75, 3.05) is 6.61 Å². The zero-order chi connectivity index (χ0) is 9.84. The molecular formula is C8H10O5. The summed E-state index contributed by atoms with van der Waals surface area (Å²) in [6.07, 6.45) is 0.844. The Morgan fingerprint density at radius 2 is 2.31 bits per heavy atom. The van der Waals surface area contributed by atoms with E-state index in [2.05, 4.69) is 4.74 Å². The number of hydrogen-bond donors (Lipinski definition) is 1. The van der Waals surface area contributed by atoms with Gasteiger partial charge in [-0.05, 0) is 13.3 Å². The molecule has 1 heterocycles. The summed E-state index contributed by atoms with van der Waals surface area (Å²) in [7, 11) is 0. The minimum absolute atomic E-state index is 0.188. The Morgan fingerprint density at radius 1 is 1.69 bits per heavy atom. The Morgan fingerprint density at radius 3 is 2.77 bits per heavy atom. The van der Waals surface area contributed by atoms with Crippen LogP contribution in [0.4, 0.5) is 4.79 Å². The number of ether oxygens (including phenoxy) is 2. The van der Waals surface area contributed by atoms with Gasteiger partial charge in [-0.2, -0.15) is 0 Å². The number of epoxide rings is 1. The van der Waals surface area contributed by atoms with Gasteiger partial charge < -0.3 is 14.6 Å². The number of carboxylic acid groups (broad SMARTS) is 1. The smallest absolute Gasteiger partial charge is 0.449 e. The van der Waals surface area contributed by atoms with Gasteiger partial charge in [-0.15, -0.1) is 0 Å². The van der Waals surface area contributed by atoms with Gasteiger partial charge in [0.25, 0.3) is 0 Å². The molecular weight excluding hydrogens is 176 g/mol. The third kappa shape index (κ3) is 3.71. The van der Waals surface area contributed by atoms with Crippen molar-refractivity contribution in [3.63, 3.8) is 0 Å². The normalized spacial score (nSPS) is 21.0. The summed E-state index contributed by atoms with van der Waals surface area (Å²) >= 11 is 0. The summed E-state index contributed by atoms with van der Waals surface area (Å²) < 4.78 is 8.84. The van der Waals surface area contributed by atoms with E-state index in [9.17, 15) is 9.59 Å². The molecule has 1 aliphatic heterocycles. The first-order valence-electron chi connectivity index (χ1n) is 3.83. The second-order valence-electron chi connectivity index (χ2n) is 2.73. The van der Waals surface area contributed by atoms with Gasteiger partial charge in [-0.1, -0.05) is 6.08 Å². The molecule has 1 unspecified atom stereocenters. The lowest BCUT2D eigenvalue weighted by Gasteiger charge is -1.97. The van der Waals surface area contributed by atoms with Gasteiger partial charge >= 0.3 is 12.1 Å². The van der Waals surface area contributed by atoms with E-state index in [1.165, 1.54) is 6.92 Å². The Kier molecular flexibility index (Phi) is 3.02. The lowest BCUT2D eigenvalue weighted by molar-refractivity contribution is -0.134. The van der Waals surface area contributed by atoms with Gasteiger partial charge in [-0.25, -0.2) is 9.59 Å². The van der Waals surface area contributed by atoms with Crippen LogP contribution in [0.1, 0.15) is 13.3 Å². The first kappa shape index (κ1) is 9.73. The number of esters is 1. The van der Waals surface area contributed by atoms with Crippen LogP contribution < -0.4 is 0 Å². The molecule has 72 valence electrons. The molecule has 0 saturated carbocycles. The van der Waals surface area contributed by atoms with E-state index in [1.54, 1.807) is 6.08 Å². The minimum atomic E-state index is -1.58.